The Balaban J connectivity index is 1.55. The molecular formula is C20H24N2O2S. The molecule has 1 saturated carbocycles. The van der Waals surface area contributed by atoms with Crippen LogP contribution in [0.15, 0.2) is 35.7 Å². The van der Waals surface area contributed by atoms with Gasteiger partial charge in [-0.05, 0) is 57.4 Å². The van der Waals surface area contributed by atoms with Crippen molar-refractivity contribution in [2.75, 3.05) is 0 Å². The van der Waals surface area contributed by atoms with Gasteiger partial charge in [-0.25, -0.2) is 4.98 Å². The zero-order valence-corrected chi connectivity index (χ0v) is 15.8. The predicted molar refractivity (Wildman–Crippen MR) is 102 cm³/mol. The highest BCUT2D eigenvalue weighted by Crippen LogP contribution is 2.29. The smallest absolute Gasteiger partial charge is 0.247 e. The van der Waals surface area contributed by atoms with Crippen molar-refractivity contribution in [3.8, 4) is 5.75 Å². The van der Waals surface area contributed by atoms with Crippen LogP contribution in [0.1, 0.15) is 43.0 Å². The molecule has 1 amide bonds. The number of benzene rings is 1. The summed E-state index contributed by atoms with van der Waals surface area (Å²) in [5.41, 5.74) is 1.94. The number of amides is 1. The third-order valence-electron chi connectivity index (χ3n) is 4.10. The Kier molecular flexibility index (Phi) is 5.53. The number of hydrogen-bond donors (Lipinski definition) is 0. The summed E-state index contributed by atoms with van der Waals surface area (Å²) in [6, 6.07) is 8.44. The van der Waals surface area contributed by atoms with E-state index >= 15 is 0 Å². The first-order chi connectivity index (χ1) is 12.0. The highest BCUT2D eigenvalue weighted by molar-refractivity contribution is 7.09. The molecule has 1 aromatic heterocycles. The molecule has 0 aliphatic heterocycles. The molecule has 0 unspecified atom stereocenters. The number of aromatic nitrogens is 1. The van der Waals surface area contributed by atoms with E-state index in [1.807, 2.05) is 47.5 Å². The minimum absolute atomic E-state index is 0.0942. The van der Waals surface area contributed by atoms with E-state index in [-0.39, 0.29) is 11.9 Å². The highest BCUT2D eigenvalue weighted by atomic mass is 32.1. The van der Waals surface area contributed by atoms with Gasteiger partial charge in [0, 0.05) is 23.5 Å². The van der Waals surface area contributed by atoms with Gasteiger partial charge in [0.15, 0.2) is 0 Å². The lowest BCUT2D eigenvalue weighted by atomic mass is 10.2. The van der Waals surface area contributed by atoms with Gasteiger partial charge >= 0.3 is 0 Å². The van der Waals surface area contributed by atoms with Crippen molar-refractivity contribution in [2.24, 2.45) is 0 Å². The third-order valence-corrected chi connectivity index (χ3v) is 4.93. The Morgan fingerprint density at radius 1 is 1.36 bits per heavy atom. The van der Waals surface area contributed by atoms with Crippen LogP contribution in [-0.4, -0.2) is 27.9 Å². The van der Waals surface area contributed by atoms with Crippen molar-refractivity contribution in [2.45, 2.75) is 52.3 Å². The molecule has 25 heavy (non-hydrogen) atoms. The summed E-state index contributed by atoms with van der Waals surface area (Å²) in [7, 11) is 0. The van der Waals surface area contributed by atoms with E-state index in [2.05, 4.69) is 18.8 Å². The Morgan fingerprint density at radius 2 is 2.08 bits per heavy atom. The molecule has 3 rings (SSSR count). The van der Waals surface area contributed by atoms with Crippen LogP contribution in [0.3, 0.4) is 0 Å². The molecule has 0 radical (unpaired) electrons. The average Bonchev–Trinajstić information content (AvgIpc) is 3.32. The molecule has 0 atom stereocenters. The summed E-state index contributed by atoms with van der Waals surface area (Å²) in [5, 5.41) is 3.06. The number of hydrogen-bond acceptors (Lipinski definition) is 4. The zero-order chi connectivity index (χ0) is 17.8. The number of thiazole rings is 1. The first kappa shape index (κ1) is 17.7. The predicted octanol–water partition coefficient (Wildman–Crippen LogP) is 4.44. The highest BCUT2D eigenvalue weighted by Gasteiger charge is 2.33. The molecular weight excluding hydrogens is 332 g/mol. The van der Waals surface area contributed by atoms with E-state index in [0.717, 1.165) is 34.9 Å². The molecule has 1 aliphatic rings. The second kappa shape index (κ2) is 7.83. The topological polar surface area (TPSA) is 42.4 Å². The molecule has 1 aliphatic carbocycles. The fourth-order valence-electron chi connectivity index (χ4n) is 2.77. The quantitative estimate of drug-likeness (QED) is 0.689. The largest absolute Gasteiger partial charge is 0.487 e. The minimum atomic E-state index is 0.0942. The Bertz CT molecular complexity index is 743. The molecule has 1 aromatic carbocycles. The second-order valence-electron chi connectivity index (χ2n) is 6.62. The van der Waals surface area contributed by atoms with Gasteiger partial charge in [-0.15, -0.1) is 11.3 Å². The number of rotatable bonds is 7. The van der Waals surface area contributed by atoms with Crippen LogP contribution in [0.25, 0.3) is 6.08 Å². The average molecular weight is 356 g/mol. The third kappa shape index (κ3) is 4.92. The lowest BCUT2D eigenvalue weighted by Crippen LogP contribution is -2.37. The fraction of sp³-hybridized carbons (Fsp3) is 0.400. The summed E-state index contributed by atoms with van der Waals surface area (Å²) in [5.74, 6) is 0.896. The molecule has 1 heterocycles. The van der Waals surface area contributed by atoms with Crippen molar-refractivity contribution >= 4 is 23.3 Å². The van der Waals surface area contributed by atoms with Gasteiger partial charge < -0.3 is 9.64 Å². The van der Waals surface area contributed by atoms with E-state index in [1.54, 1.807) is 17.4 Å². The molecule has 1 fully saturated rings. The lowest BCUT2D eigenvalue weighted by molar-refractivity contribution is -0.128. The Hall–Kier alpha value is -2.14. The van der Waals surface area contributed by atoms with E-state index < -0.39 is 0 Å². The summed E-state index contributed by atoms with van der Waals surface area (Å²) in [4.78, 5) is 18.7. The van der Waals surface area contributed by atoms with Crippen LogP contribution in [-0.2, 0) is 11.4 Å². The molecule has 5 heteroatoms. The standard InChI is InChI=1S/C20H24N2O2S/c1-14(2)22(18-7-8-18)20(23)11-6-16-4-9-19(10-5-16)24-12-17-13-25-15(3)21-17/h4-6,9-11,13-14,18H,7-8,12H2,1-3H3/b11-6+. The van der Waals surface area contributed by atoms with Crippen molar-refractivity contribution in [3.63, 3.8) is 0 Å². The van der Waals surface area contributed by atoms with Crippen molar-refractivity contribution < 1.29 is 9.53 Å². The Morgan fingerprint density at radius 3 is 2.64 bits per heavy atom. The minimum Gasteiger partial charge on any atom is -0.487 e. The molecule has 0 spiro atoms. The molecule has 4 nitrogen and oxygen atoms in total. The van der Waals surface area contributed by atoms with Crippen molar-refractivity contribution in [1.29, 1.82) is 0 Å². The molecule has 132 valence electrons. The van der Waals surface area contributed by atoms with Gasteiger partial charge in [0.05, 0.1) is 10.7 Å². The Labute approximate surface area is 153 Å². The molecule has 0 bridgehead atoms. The molecule has 0 N–H and O–H groups in total. The van der Waals surface area contributed by atoms with Gasteiger partial charge in [-0.1, -0.05) is 12.1 Å². The normalized spacial score (nSPS) is 14.2. The molecule has 2 aromatic rings. The van der Waals surface area contributed by atoms with E-state index in [0.29, 0.717) is 12.6 Å². The lowest BCUT2D eigenvalue weighted by Gasteiger charge is -2.25. The van der Waals surface area contributed by atoms with Crippen LogP contribution in [0, 0.1) is 6.92 Å². The number of carbonyl (C=O) groups is 1. The van der Waals surface area contributed by atoms with Gasteiger partial charge in [-0.3, -0.25) is 4.79 Å². The first-order valence-corrected chi connectivity index (χ1v) is 9.55. The van der Waals surface area contributed by atoms with Crippen LogP contribution < -0.4 is 4.74 Å². The van der Waals surface area contributed by atoms with Crippen molar-refractivity contribution in [3.05, 3.63) is 52.0 Å². The summed E-state index contributed by atoms with van der Waals surface area (Å²) in [6.45, 7) is 6.60. The number of carbonyl (C=O) groups excluding carboxylic acids is 1. The second-order valence-corrected chi connectivity index (χ2v) is 7.68. The van der Waals surface area contributed by atoms with Gasteiger partial charge in [0.1, 0.15) is 12.4 Å². The summed E-state index contributed by atoms with van der Waals surface area (Å²) < 4.78 is 5.74. The van der Waals surface area contributed by atoms with Crippen LogP contribution in [0.5, 0.6) is 5.75 Å². The maximum absolute atomic E-state index is 12.4. The van der Waals surface area contributed by atoms with Crippen molar-refractivity contribution in [1.82, 2.24) is 9.88 Å². The SMILES string of the molecule is Cc1nc(COc2ccc(/C=C/C(=O)N(C(C)C)C3CC3)cc2)cs1. The first-order valence-electron chi connectivity index (χ1n) is 8.67. The summed E-state index contributed by atoms with van der Waals surface area (Å²) in [6.07, 6.45) is 5.80. The zero-order valence-electron chi connectivity index (χ0n) is 14.9. The van der Waals surface area contributed by atoms with Crippen LogP contribution >= 0.6 is 11.3 Å². The van der Waals surface area contributed by atoms with E-state index in [1.165, 1.54) is 0 Å². The van der Waals surface area contributed by atoms with Gasteiger partial charge in [0.2, 0.25) is 5.91 Å². The molecule has 0 saturated heterocycles. The van der Waals surface area contributed by atoms with Crippen LogP contribution in [0.2, 0.25) is 0 Å². The van der Waals surface area contributed by atoms with E-state index in [9.17, 15) is 4.79 Å². The summed E-state index contributed by atoms with van der Waals surface area (Å²) >= 11 is 1.63. The van der Waals surface area contributed by atoms with Gasteiger partial charge in [-0.2, -0.15) is 0 Å². The van der Waals surface area contributed by atoms with E-state index in [4.69, 9.17) is 4.74 Å². The maximum Gasteiger partial charge on any atom is 0.247 e. The maximum atomic E-state index is 12.4. The number of aryl methyl sites for hydroxylation is 1. The number of ether oxygens (including phenoxy) is 1. The van der Waals surface area contributed by atoms with Gasteiger partial charge in [0.25, 0.3) is 0 Å². The monoisotopic (exact) mass is 356 g/mol. The fourth-order valence-corrected chi connectivity index (χ4v) is 3.37. The van der Waals surface area contributed by atoms with Crippen LogP contribution in [0.4, 0.5) is 0 Å². The number of nitrogens with zero attached hydrogens (tertiary/aromatic N) is 2.